The van der Waals surface area contributed by atoms with Gasteiger partial charge in [-0.3, -0.25) is 14.5 Å². The van der Waals surface area contributed by atoms with E-state index < -0.39 is 23.9 Å². The first-order valence-electron chi connectivity index (χ1n) is 8.02. The topological polar surface area (TPSA) is 102 Å². The first kappa shape index (κ1) is 17.2. The van der Waals surface area contributed by atoms with Crippen LogP contribution in [-0.2, 0) is 16.0 Å². The predicted molar refractivity (Wildman–Crippen MR) is 94.0 cm³/mol. The highest BCUT2D eigenvalue weighted by Gasteiger charge is 2.38. The first-order valence-corrected chi connectivity index (χ1v) is 8.02. The smallest absolute Gasteiger partial charge is 0.325 e. The summed E-state index contributed by atoms with van der Waals surface area (Å²) in [7, 11) is 0. The van der Waals surface area contributed by atoms with E-state index in [1.807, 2.05) is 36.4 Å². The summed E-state index contributed by atoms with van der Waals surface area (Å²) in [5.41, 5.74) is 1.76. The highest BCUT2D eigenvalue weighted by atomic mass is 16.2. The Morgan fingerprint density at radius 3 is 2.65 bits per heavy atom. The van der Waals surface area contributed by atoms with Crippen LogP contribution in [0.15, 0.2) is 54.6 Å². The summed E-state index contributed by atoms with van der Waals surface area (Å²) in [6, 6.07) is 16.4. The van der Waals surface area contributed by atoms with Crippen LogP contribution in [0.2, 0.25) is 0 Å². The number of amides is 4. The van der Waals surface area contributed by atoms with Gasteiger partial charge in [-0.05, 0) is 23.8 Å². The standard InChI is InChI=1S/C19H16N4O3/c20-11-14-7-4-8-15(9-14)21-17(24)12-23-18(25)16(22-19(23)26)10-13-5-2-1-3-6-13/h1-9,16H,10,12H2,(H,21,24)(H,22,26)/t16-/m0/s1. The van der Waals surface area contributed by atoms with E-state index in [9.17, 15) is 14.4 Å². The van der Waals surface area contributed by atoms with E-state index in [2.05, 4.69) is 10.6 Å². The SMILES string of the molecule is N#Cc1cccc(NC(=O)CN2C(=O)N[C@@H](Cc3ccccc3)C2=O)c1. The Kier molecular flexibility index (Phi) is 4.94. The van der Waals surface area contributed by atoms with Crippen molar-refractivity contribution in [2.24, 2.45) is 0 Å². The molecule has 4 amide bonds. The molecule has 1 atom stereocenters. The number of rotatable bonds is 5. The van der Waals surface area contributed by atoms with Gasteiger partial charge in [0, 0.05) is 12.1 Å². The van der Waals surface area contributed by atoms with E-state index in [-0.39, 0.29) is 6.54 Å². The number of anilines is 1. The lowest BCUT2D eigenvalue weighted by Gasteiger charge is -2.13. The second kappa shape index (κ2) is 7.49. The lowest BCUT2D eigenvalue weighted by atomic mass is 10.1. The van der Waals surface area contributed by atoms with Gasteiger partial charge in [-0.1, -0.05) is 36.4 Å². The van der Waals surface area contributed by atoms with Crippen molar-refractivity contribution >= 4 is 23.5 Å². The number of nitrogens with zero attached hydrogens (tertiary/aromatic N) is 2. The first-order chi connectivity index (χ1) is 12.6. The van der Waals surface area contributed by atoms with E-state index >= 15 is 0 Å². The number of carbonyl (C=O) groups is 3. The minimum absolute atomic E-state index is 0.369. The van der Waals surface area contributed by atoms with Crippen molar-refractivity contribution in [2.45, 2.75) is 12.5 Å². The van der Waals surface area contributed by atoms with E-state index in [0.717, 1.165) is 10.5 Å². The zero-order valence-corrected chi connectivity index (χ0v) is 13.8. The molecule has 1 fully saturated rings. The maximum atomic E-state index is 12.4. The molecule has 2 N–H and O–H groups in total. The van der Waals surface area contributed by atoms with Crippen LogP contribution in [0.25, 0.3) is 0 Å². The lowest BCUT2D eigenvalue weighted by molar-refractivity contribution is -0.130. The van der Waals surface area contributed by atoms with Gasteiger partial charge in [-0.2, -0.15) is 5.26 Å². The zero-order chi connectivity index (χ0) is 18.5. The van der Waals surface area contributed by atoms with Crippen molar-refractivity contribution in [3.05, 3.63) is 65.7 Å². The second-order valence-corrected chi connectivity index (χ2v) is 5.86. The Hall–Kier alpha value is -3.66. The summed E-state index contributed by atoms with van der Waals surface area (Å²) in [6.07, 6.45) is 0.369. The minimum Gasteiger partial charge on any atom is -0.325 e. The molecule has 2 aromatic carbocycles. The van der Waals surface area contributed by atoms with Crippen LogP contribution in [-0.4, -0.2) is 35.3 Å². The summed E-state index contributed by atoms with van der Waals surface area (Å²) in [6.45, 7) is -0.382. The van der Waals surface area contributed by atoms with Crippen molar-refractivity contribution in [3.8, 4) is 6.07 Å². The van der Waals surface area contributed by atoms with Crippen LogP contribution in [0.4, 0.5) is 10.5 Å². The number of urea groups is 1. The molecule has 0 spiro atoms. The maximum Gasteiger partial charge on any atom is 0.325 e. The van der Waals surface area contributed by atoms with Crippen LogP contribution in [0.5, 0.6) is 0 Å². The van der Waals surface area contributed by atoms with Crippen LogP contribution in [0.1, 0.15) is 11.1 Å². The summed E-state index contributed by atoms with van der Waals surface area (Å²) < 4.78 is 0. The summed E-state index contributed by atoms with van der Waals surface area (Å²) in [5, 5.41) is 14.1. The molecule has 7 heteroatoms. The Balaban J connectivity index is 1.62. The van der Waals surface area contributed by atoms with Gasteiger partial charge in [0.15, 0.2) is 0 Å². The fourth-order valence-corrected chi connectivity index (χ4v) is 2.73. The molecule has 1 aliphatic rings. The third-order valence-corrected chi connectivity index (χ3v) is 3.97. The van der Waals surface area contributed by atoms with Crippen molar-refractivity contribution in [3.63, 3.8) is 0 Å². The van der Waals surface area contributed by atoms with E-state index in [1.54, 1.807) is 18.2 Å². The van der Waals surface area contributed by atoms with Gasteiger partial charge in [0.2, 0.25) is 5.91 Å². The van der Waals surface area contributed by atoms with Gasteiger partial charge < -0.3 is 10.6 Å². The number of hydrogen-bond acceptors (Lipinski definition) is 4. The maximum absolute atomic E-state index is 12.4. The Morgan fingerprint density at radius 2 is 1.92 bits per heavy atom. The molecule has 0 aromatic heterocycles. The van der Waals surface area contributed by atoms with Gasteiger partial charge in [0.05, 0.1) is 11.6 Å². The van der Waals surface area contributed by atoms with Gasteiger partial charge in [0.25, 0.3) is 5.91 Å². The Labute approximate surface area is 150 Å². The van der Waals surface area contributed by atoms with Crippen LogP contribution >= 0.6 is 0 Å². The highest BCUT2D eigenvalue weighted by molar-refractivity contribution is 6.08. The summed E-state index contributed by atoms with van der Waals surface area (Å²) >= 11 is 0. The number of carbonyl (C=O) groups excluding carboxylic acids is 3. The molecule has 26 heavy (non-hydrogen) atoms. The minimum atomic E-state index is -0.681. The van der Waals surface area contributed by atoms with Gasteiger partial charge in [-0.15, -0.1) is 0 Å². The van der Waals surface area contributed by atoms with Crippen LogP contribution < -0.4 is 10.6 Å². The molecule has 130 valence electrons. The van der Waals surface area contributed by atoms with Crippen LogP contribution in [0.3, 0.4) is 0 Å². The number of benzene rings is 2. The molecule has 0 bridgehead atoms. The molecule has 1 heterocycles. The number of hydrogen-bond donors (Lipinski definition) is 2. The number of imide groups is 1. The second-order valence-electron chi connectivity index (χ2n) is 5.86. The summed E-state index contributed by atoms with van der Waals surface area (Å²) in [5.74, 6) is -0.941. The average molecular weight is 348 g/mol. The third kappa shape index (κ3) is 3.87. The largest absolute Gasteiger partial charge is 0.325 e. The molecular formula is C19H16N4O3. The van der Waals surface area contributed by atoms with Gasteiger partial charge in [-0.25, -0.2) is 4.79 Å². The Bertz CT molecular complexity index is 889. The van der Waals surface area contributed by atoms with E-state index in [0.29, 0.717) is 17.7 Å². The summed E-state index contributed by atoms with van der Waals surface area (Å²) in [4.78, 5) is 37.5. The molecule has 2 aromatic rings. The quantitative estimate of drug-likeness (QED) is 0.802. The third-order valence-electron chi connectivity index (χ3n) is 3.97. The molecule has 0 unspecified atom stereocenters. The van der Waals surface area contributed by atoms with Gasteiger partial charge in [0.1, 0.15) is 12.6 Å². The predicted octanol–water partition coefficient (Wildman–Crippen LogP) is 1.66. The van der Waals surface area contributed by atoms with Crippen molar-refractivity contribution in [1.29, 1.82) is 5.26 Å². The van der Waals surface area contributed by atoms with Crippen molar-refractivity contribution in [2.75, 3.05) is 11.9 Å². The molecule has 0 radical (unpaired) electrons. The molecule has 0 saturated carbocycles. The molecule has 0 aliphatic carbocycles. The van der Waals surface area contributed by atoms with E-state index in [1.165, 1.54) is 6.07 Å². The van der Waals surface area contributed by atoms with Crippen molar-refractivity contribution in [1.82, 2.24) is 10.2 Å². The molecule has 7 nitrogen and oxygen atoms in total. The van der Waals surface area contributed by atoms with Crippen molar-refractivity contribution < 1.29 is 14.4 Å². The number of nitriles is 1. The average Bonchev–Trinajstić information content (AvgIpc) is 2.90. The zero-order valence-electron chi connectivity index (χ0n) is 13.8. The molecule has 1 saturated heterocycles. The highest BCUT2D eigenvalue weighted by Crippen LogP contribution is 2.13. The molecular weight excluding hydrogens is 332 g/mol. The van der Waals surface area contributed by atoms with Gasteiger partial charge >= 0.3 is 6.03 Å². The number of nitrogens with one attached hydrogen (secondary N) is 2. The normalized spacial score (nSPS) is 16.1. The molecule has 1 aliphatic heterocycles. The monoisotopic (exact) mass is 348 g/mol. The van der Waals surface area contributed by atoms with Crippen LogP contribution in [0, 0.1) is 11.3 Å². The van der Waals surface area contributed by atoms with E-state index in [4.69, 9.17) is 5.26 Å². The fourth-order valence-electron chi connectivity index (χ4n) is 2.73. The fraction of sp³-hybridized carbons (Fsp3) is 0.158. The Morgan fingerprint density at radius 1 is 1.15 bits per heavy atom. The molecule has 3 rings (SSSR count). The lowest BCUT2D eigenvalue weighted by Crippen LogP contribution is -2.38.